The van der Waals surface area contributed by atoms with Crippen LogP contribution >= 0.6 is 11.8 Å². The van der Waals surface area contributed by atoms with Crippen LogP contribution in [-0.4, -0.2) is 43.3 Å². The fourth-order valence-corrected chi connectivity index (χ4v) is 3.80. The van der Waals surface area contributed by atoms with Crippen LogP contribution in [0.2, 0.25) is 0 Å². The number of nitrogens with two attached hydrogens (primary N) is 1. The van der Waals surface area contributed by atoms with Crippen LogP contribution in [0.5, 0.6) is 0 Å². The lowest BCUT2D eigenvalue weighted by atomic mass is 10.2. The zero-order valence-corrected chi connectivity index (χ0v) is 12.7. The van der Waals surface area contributed by atoms with Crippen molar-refractivity contribution in [3.05, 3.63) is 35.9 Å². The molecular weight excluding hydrogens is 296 g/mol. The SMILES string of the molecule is NS(=O)(=O)C1CC(=O)N(CCSCc2ccccc2)C1. The van der Waals surface area contributed by atoms with Gasteiger partial charge >= 0.3 is 0 Å². The summed E-state index contributed by atoms with van der Waals surface area (Å²) in [5.74, 6) is 1.56. The van der Waals surface area contributed by atoms with Crippen molar-refractivity contribution in [2.75, 3.05) is 18.8 Å². The molecule has 1 saturated heterocycles. The molecule has 1 unspecified atom stereocenters. The van der Waals surface area contributed by atoms with Gasteiger partial charge in [-0.1, -0.05) is 30.3 Å². The van der Waals surface area contributed by atoms with Gasteiger partial charge in [-0.3, -0.25) is 4.79 Å². The van der Waals surface area contributed by atoms with Gasteiger partial charge in [0.1, 0.15) is 5.25 Å². The number of carbonyl (C=O) groups excluding carboxylic acids is 1. The van der Waals surface area contributed by atoms with E-state index in [0.29, 0.717) is 6.54 Å². The topological polar surface area (TPSA) is 80.5 Å². The molecule has 1 aromatic carbocycles. The van der Waals surface area contributed by atoms with E-state index in [9.17, 15) is 13.2 Å². The molecule has 5 nitrogen and oxygen atoms in total. The average molecular weight is 314 g/mol. The summed E-state index contributed by atoms with van der Waals surface area (Å²) in [6.45, 7) is 0.798. The first-order chi connectivity index (χ1) is 9.47. The lowest BCUT2D eigenvalue weighted by molar-refractivity contribution is -0.127. The van der Waals surface area contributed by atoms with Crippen molar-refractivity contribution in [3.8, 4) is 0 Å². The molecule has 0 spiro atoms. The number of benzene rings is 1. The van der Waals surface area contributed by atoms with Gasteiger partial charge in [0.2, 0.25) is 15.9 Å². The quantitative estimate of drug-likeness (QED) is 0.788. The van der Waals surface area contributed by atoms with Gasteiger partial charge in [-0.25, -0.2) is 13.6 Å². The van der Waals surface area contributed by atoms with Crippen molar-refractivity contribution in [3.63, 3.8) is 0 Å². The maximum Gasteiger partial charge on any atom is 0.224 e. The van der Waals surface area contributed by atoms with E-state index in [1.165, 1.54) is 5.56 Å². The first-order valence-corrected chi connectivity index (χ1v) is 9.14. The molecule has 0 aromatic heterocycles. The van der Waals surface area contributed by atoms with E-state index in [2.05, 4.69) is 12.1 Å². The molecule has 0 saturated carbocycles. The van der Waals surface area contributed by atoms with Crippen LogP contribution in [0.25, 0.3) is 0 Å². The molecule has 1 aromatic rings. The van der Waals surface area contributed by atoms with Crippen LogP contribution in [0.1, 0.15) is 12.0 Å². The molecule has 1 heterocycles. The Morgan fingerprint density at radius 3 is 2.60 bits per heavy atom. The van der Waals surface area contributed by atoms with Crippen LogP contribution in [0, 0.1) is 0 Å². The van der Waals surface area contributed by atoms with Crippen molar-refractivity contribution in [2.45, 2.75) is 17.4 Å². The van der Waals surface area contributed by atoms with Gasteiger partial charge in [0.05, 0.1) is 0 Å². The maximum atomic E-state index is 11.7. The first-order valence-electron chi connectivity index (χ1n) is 6.38. The standard InChI is InChI=1S/C13H18N2O3S2/c14-20(17,18)12-8-13(16)15(9-12)6-7-19-10-11-4-2-1-3-5-11/h1-5,12H,6-10H2,(H2,14,17,18). The monoisotopic (exact) mass is 314 g/mol. The van der Waals surface area contributed by atoms with Gasteiger partial charge in [-0.15, -0.1) is 0 Å². The van der Waals surface area contributed by atoms with Crippen molar-refractivity contribution in [1.29, 1.82) is 0 Å². The number of nitrogens with zero attached hydrogens (tertiary/aromatic N) is 1. The molecule has 0 aliphatic carbocycles. The summed E-state index contributed by atoms with van der Waals surface area (Å²) in [4.78, 5) is 13.3. The minimum atomic E-state index is -3.61. The Hall–Kier alpha value is -1.05. The Bertz CT molecular complexity index is 560. The van der Waals surface area contributed by atoms with Crippen LogP contribution in [-0.2, 0) is 20.6 Å². The predicted octanol–water partition coefficient (Wildman–Crippen LogP) is 0.809. The number of carbonyl (C=O) groups is 1. The third-order valence-electron chi connectivity index (χ3n) is 3.26. The third kappa shape index (κ3) is 4.22. The van der Waals surface area contributed by atoms with E-state index in [0.717, 1.165) is 11.5 Å². The molecule has 1 fully saturated rings. The van der Waals surface area contributed by atoms with E-state index in [4.69, 9.17) is 5.14 Å². The second-order valence-electron chi connectivity index (χ2n) is 4.79. The summed E-state index contributed by atoms with van der Waals surface area (Å²) in [7, 11) is -3.61. The number of hydrogen-bond acceptors (Lipinski definition) is 4. The Morgan fingerprint density at radius 1 is 1.30 bits per heavy atom. The van der Waals surface area contributed by atoms with Crippen LogP contribution in [0.4, 0.5) is 0 Å². The van der Waals surface area contributed by atoms with E-state index >= 15 is 0 Å². The molecule has 2 rings (SSSR count). The van der Waals surface area contributed by atoms with Gasteiger partial charge in [0.25, 0.3) is 0 Å². The normalized spacial score (nSPS) is 19.6. The number of likely N-dealkylation sites (tertiary alicyclic amines) is 1. The molecule has 7 heteroatoms. The van der Waals surface area contributed by atoms with Crippen LogP contribution in [0.3, 0.4) is 0 Å². The Morgan fingerprint density at radius 2 is 2.00 bits per heavy atom. The van der Waals surface area contributed by atoms with E-state index in [1.54, 1.807) is 16.7 Å². The molecule has 20 heavy (non-hydrogen) atoms. The summed E-state index contributed by atoms with van der Waals surface area (Å²) in [6, 6.07) is 10.1. The number of primary sulfonamides is 1. The fourth-order valence-electron chi connectivity index (χ4n) is 2.11. The van der Waals surface area contributed by atoms with E-state index < -0.39 is 15.3 Å². The summed E-state index contributed by atoms with van der Waals surface area (Å²) >= 11 is 1.73. The van der Waals surface area contributed by atoms with Crippen LogP contribution in [0.15, 0.2) is 30.3 Å². The highest BCUT2D eigenvalue weighted by Crippen LogP contribution is 2.18. The number of thioether (sulfide) groups is 1. The molecule has 0 radical (unpaired) electrons. The Balaban J connectivity index is 1.74. The van der Waals surface area contributed by atoms with Crippen molar-refractivity contribution in [2.24, 2.45) is 5.14 Å². The number of hydrogen-bond donors (Lipinski definition) is 1. The van der Waals surface area contributed by atoms with Gasteiger partial charge in [0, 0.05) is 31.0 Å². The Labute approximate surface area is 123 Å². The molecule has 1 aliphatic rings. The van der Waals surface area contributed by atoms with Crippen molar-refractivity contribution < 1.29 is 13.2 Å². The molecule has 0 bridgehead atoms. The van der Waals surface area contributed by atoms with Gasteiger partial charge < -0.3 is 4.90 Å². The summed E-state index contributed by atoms with van der Waals surface area (Å²) in [5.41, 5.74) is 1.24. The van der Waals surface area contributed by atoms with Gasteiger partial charge in [-0.2, -0.15) is 11.8 Å². The number of rotatable bonds is 6. The highest BCUT2D eigenvalue weighted by atomic mass is 32.2. The van der Waals surface area contributed by atoms with Crippen molar-refractivity contribution in [1.82, 2.24) is 4.90 Å². The minimum Gasteiger partial charge on any atom is -0.340 e. The molecule has 1 amide bonds. The molecule has 1 atom stereocenters. The highest BCUT2D eigenvalue weighted by molar-refractivity contribution is 7.98. The lowest BCUT2D eigenvalue weighted by Crippen LogP contribution is -2.33. The van der Waals surface area contributed by atoms with E-state index in [-0.39, 0.29) is 18.9 Å². The average Bonchev–Trinajstić information content (AvgIpc) is 2.77. The largest absolute Gasteiger partial charge is 0.340 e. The highest BCUT2D eigenvalue weighted by Gasteiger charge is 2.35. The van der Waals surface area contributed by atoms with E-state index in [1.807, 2.05) is 18.2 Å². The summed E-state index contributed by atoms with van der Waals surface area (Å²) in [6.07, 6.45) is 0.0161. The summed E-state index contributed by atoms with van der Waals surface area (Å²) < 4.78 is 22.5. The second kappa shape index (κ2) is 6.60. The first kappa shape index (κ1) is 15.3. The maximum absolute atomic E-state index is 11.7. The minimum absolute atomic E-state index is 0.0161. The van der Waals surface area contributed by atoms with Gasteiger partial charge in [0.15, 0.2) is 0 Å². The number of amides is 1. The molecule has 110 valence electrons. The molecular formula is C13H18N2O3S2. The summed E-state index contributed by atoms with van der Waals surface area (Å²) in [5, 5.41) is 4.34. The smallest absolute Gasteiger partial charge is 0.224 e. The molecule has 2 N–H and O–H groups in total. The zero-order chi connectivity index (χ0) is 14.6. The molecule has 1 aliphatic heterocycles. The van der Waals surface area contributed by atoms with Crippen molar-refractivity contribution >= 4 is 27.7 Å². The lowest BCUT2D eigenvalue weighted by Gasteiger charge is -2.15. The van der Waals surface area contributed by atoms with Crippen LogP contribution < -0.4 is 5.14 Å². The van der Waals surface area contributed by atoms with Gasteiger partial charge in [-0.05, 0) is 5.56 Å². The predicted molar refractivity (Wildman–Crippen MR) is 80.7 cm³/mol. The zero-order valence-electron chi connectivity index (χ0n) is 11.1. The Kier molecular flexibility index (Phi) is 5.06. The second-order valence-corrected chi connectivity index (χ2v) is 7.74. The third-order valence-corrected chi connectivity index (χ3v) is 5.51. The fraction of sp³-hybridized carbons (Fsp3) is 0.462. The number of sulfonamides is 1.